The van der Waals surface area contributed by atoms with Crippen molar-refractivity contribution in [3.8, 4) is 11.1 Å². The van der Waals surface area contributed by atoms with Crippen LogP contribution in [0.5, 0.6) is 0 Å². The van der Waals surface area contributed by atoms with Crippen molar-refractivity contribution in [1.82, 2.24) is 10.6 Å². The number of fused-ring (bicyclic) bond motifs is 3. The second-order valence-electron chi connectivity index (χ2n) is 12.5. The molecule has 0 saturated heterocycles. The summed E-state index contributed by atoms with van der Waals surface area (Å²) in [5, 5.41) is 14.4. The van der Waals surface area contributed by atoms with Crippen molar-refractivity contribution in [2.24, 2.45) is 0 Å². The molecule has 3 rings (SSSR count). The van der Waals surface area contributed by atoms with Gasteiger partial charge in [-0.15, -0.1) is 0 Å². The third-order valence-corrected chi connectivity index (χ3v) is 6.59. The molecule has 0 spiro atoms. The minimum absolute atomic E-state index is 0.0213. The molecule has 0 heterocycles. The van der Waals surface area contributed by atoms with Gasteiger partial charge < -0.3 is 34.7 Å². The van der Waals surface area contributed by atoms with Crippen LogP contribution in [0.25, 0.3) is 11.1 Å². The molecule has 11 heteroatoms. The number of nitrogens with one attached hydrogen (secondary N) is 2. The van der Waals surface area contributed by atoms with Gasteiger partial charge in [0.1, 0.15) is 18.3 Å². The van der Waals surface area contributed by atoms with Gasteiger partial charge in [-0.05, 0) is 77.6 Å². The first-order chi connectivity index (χ1) is 20.0. The molecule has 0 aromatic heterocycles. The van der Waals surface area contributed by atoms with Crippen molar-refractivity contribution >= 4 is 24.1 Å². The van der Waals surface area contributed by atoms with Crippen LogP contribution in [0, 0.1) is 0 Å². The van der Waals surface area contributed by atoms with Crippen LogP contribution in [0.15, 0.2) is 48.5 Å². The fourth-order valence-corrected chi connectivity index (χ4v) is 4.90. The predicted molar refractivity (Wildman–Crippen MR) is 159 cm³/mol. The summed E-state index contributed by atoms with van der Waals surface area (Å²) in [6.07, 6.45) is -4.07. The molecule has 0 aliphatic heterocycles. The minimum Gasteiger partial charge on any atom is -0.480 e. The number of esters is 1. The highest BCUT2D eigenvalue weighted by atomic mass is 16.6. The lowest BCUT2D eigenvalue weighted by molar-refractivity contribution is -0.162. The van der Waals surface area contributed by atoms with Crippen LogP contribution >= 0.6 is 0 Å². The van der Waals surface area contributed by atoms with Crippen LogP contribution in [0.2, 0.25) is 0 Å². The van der Waals surface area contributed by atoms with E-state index in [9.17, 15) is 24.3 Å². The summed E-state index contributed by atoms with van der Waals surface area (Å²) >= 11 is 0. The van der Waals surface area contributed by atoms with Crippen molar-refractivity contribution in [2.75, 3.05) is 6.61 Å². The highest BCUT2D eigenvalue weighted by Crippen LogP contribution is 2.44. The Balaban J connectivity index is 1.72. The zero-order chi connectivity index (χ0) is 32.1. The summed E-state index contributed by atoms with van der Waals surface area (Å²) < 4.78 is 22.1. The Kier molecular flexibility index (Phi) is 10.4. The van der Waals surface area contributed by atoms with E-state index in [-0.39, 0.29) is 12.5 Å². The summed E-state index contributed by atoms with van der Waals surface area (Å²) in [5.41, 5.74) is 2.65. The summed E-state index contributed by atoms with van der Waals surface area (Å²) in [7, 11) is 0. The molecule has 0 unspecified atom stereocenters. The van der Waals surface area contributed by atoms with Crippen LogP contribution in [0.3, 0.4) is 0 Å². The first kappa shape index (κ1) is 33.4. The average Bonchev–Trinajstić information content (AvgIpc) is 3.20. The molecule has 234 valence electrons. The number of carbonyl (C=O) groups excluding carboxylic acids is 3. The maximum absolute atomic E-state index is 13.3. The maximum Gasteiger partial charge on any atom is 0.408 e. The number of benzene rings is 2. The average molecular weight is 599 g/mol. The maximum atomic E-state index is 13.3. The molecule has 1 aliphatic carbocycles. The largest absolute Gasteiger partial charge is 0.480 e. The van der Waals surface area contributed by atoms with Crippen LogP contribution in [-0.4, -0.2) is 71.3 Å². The molecular weight excluding hydrogens is 556 g/mol. The van der Waals surface area contributed by atoms with Gasteiger partial charge in [0.15, 0.2) is 12.1 Å². The Morgan fingerprint density at radius 3 is 1.77 bits per heavy atom. The van der Waals surface area contributed by atoms with E-state index in [1.165, 1.54) is 6.92 Å². The topological polar surface area (TPSA) is 149 Å². The number of carbonyl (C=O) groups is 4. The van der Waals surface area contributed by atoms with E-state index in [1.54, 1.807) is 48.5 Å². The zero-order valence-corrected chi connectivity index (χ0v) is 25.9. The van der Waals surface area contributed by atoms with Crippen LogP contribution < -0.4 is 10.6 Å². The molecule has 0 fully saturated rings. The van der Waals surface area contributed by atoms with Crippen molar-refractivity contribution in [2.45, 2.75) is 96.8 Å². The van der Waals surface area contributed by atoms with Gasteiger partial charge in [-0.3, -0.25) is 0 Å². The highest BCUT2D eigenvalue weighted by Gasteiger charge is 2.37. The van der Waals surface area contributed by atoms with E-state index < -0.39 is 59.6 Å². The Bertz CT molecular complexity index is 1280. The molecule has 2 amide bonds. The third-order valence-electron chi connectivity index (χ3n) is 6.59. The molecule has 0 saturated carbocycles. The first-order valence-corrected chi connectivity index (χ1v) is 14.2. The van der Waals surface area contributed by atoms with E-state index in [4.69, 9.17) is 18.9 Å². The van der Waals surface area contributed by atoms with Crippen LogP contribution in [0.4, 0.5) is 9.59 Å². The molecule has 2 aromatic carbocycles. The van der Waals surface area contributed by atoms with Gasteiger partial charge in [-0.2, -0.15) is 0 Å². The number of hydrogen-bond donors (Lipinski definition) is 3. The third kappa shape index (κ3) is 9.18. The first-order valence-electron chi connectivity index (χ1n) is 14.2. The van der Waals surface area contributed by atoms with Crippen LogP contribution in [0.1, 0.15) is 72.4 Å². The summed E-state index contributed by atoms with van der Waals surface area (Å²) in [6, 6.07) is 12.8. The second-order valence-corrected chi connectivity index (χ2v) is 12.5. The molecular formula is C32H42N2O9. The molecule has 1 aliphatic rings. The summed E-state index contributed by atoms with van der Waals surface area (Å²) in [4.78, 5) is 50.5. The standard InChI is InChI=1S/C32H42N2O9/c1-18(25(27(35)36)33-30(39)43-32(6,7)8)41-28(37)26(19(2)42-31(3,4)5)34-29(38)40-17-24-22-15-11-9-13-20(22)21-14-10-12-16-23(21)24/h9-16,18-19,24-26H,17H2,1-8H3,(H,33,39)(H,34,38)(H,35,36)/t18-,19-,25+,26+/m1/s1. The Morgan fingerprint density at radius 2 is 1.28 bits per heavy atom. The smallest absolute Gasteiger partial charge is 0.408 e. The molecule has 4 atom stereocenters. The van der Waals surface area contributed by atoms with Crippen molar-refractivity contribution in [1.29, 1.82) is 0 Å². The number of rotatable bonds is 10. The molecule has 3 N–H and O–H groups in total. The lowest BCUT2D eigenvalue weighted by Gasteiger charge is -2.31. The van der Waals surface area contributed by atoms with E-state index in [0.29, 0.717) is 0 Å². The Morgan fingerprint density at radius 1 is 0.767 bits per heavy atom. The van der Waals surface area contributed by atoms with E-state index >= 15 is 0 Å². The molecule has 11 nitrogen and oxygen atoms in total. The molecule has 43 heavy (non-hydrogen) atoms. The van der Waals surface area contributed by atoms with Gasteiger partial charge in [0, 0.05) is 5.92 Å². The fourth-order valence-electron chi connectivity index (χ4n) is 4.90. The molecule has 0 bridgehead atoms. The minimum atomic E-state index is -1.62. The normalized spacial score (nSPS) is 15.6. The number of ether oxygens (including phenoxy) is 4. The number of aliphatic carboxylic acids is 1. The number of alkyl carbamates (subject to hydrolysis) is 2. The van der Waals surface area contributed by atoms with Gasteiger partial charge in [0.05, 0.1) is 11.7 Å². The Hall–Kier alpha value is -4.12. The SMILES string of the molecule is C[C@@H](OC(=O)[C@@H](NC(=O)OCC1c2ccccc2-c2ccccc21)[C@@H](C)OC(C)(C)C)[C@H](NC(=O)OC(C)(C)C)C(=O)O. The van der Waals surface area contributed by atoms with Crippen molar-refractivity contribution in [3.63, 3.8) is 0 Å². The lowest BCUT2D eigenvalue weighted by atomic mass is 9.98. The zero-order valence-electron chi connectivity index (χ0n) is 25.9. The number of carboxylic acid groups (broad SMARTS) is 1. The predicted octanol–water partition coefficient (Wildman–Crippen LogP) is 5.01. The van der Waals surface area contributed by atoms with Gasteiger partial charge in [0.2, 0.25) is 0 Å². The van der Waals surface area contributed by atoms with Gasteiger partial charge in [0.25, 0.3) is 0 Å². The van der Waals surface area contributed by atoms with E-state index in [0.717, 1.165) is 22.3 Å². The van der Waals surface area contributed by atoms with Crippen LogP contribution in [-0.2, 0) is 28.5 Å². The van der Waals surface area contributed by atoms with E-state index in [1.807, 2.05) is 48.5 Å². The molecule has 2 aromatic rings. The number of carboxylic acids is 1. The lowest BCUT2D eigenvalue weighted by Crippen LogP contribution is -2.55. The second kappa shape index (κ2) is 13.5. The molecule has 0 radical (unpaired) electrons. The fraction of sp³-hybridized carbons (Fsp3) is 0.500. The van der Waals surface area contributed by atoms with Crippen molar-refractivity contribution in [3.05, 3.63) is 59.7 Å². The van der Waals surface area contributed by atoms with Crippen molar-refractivity contribution < 1.29 is 43.2 Å². The monoisotopic (exact) mass is 598 g/mol. The summed E-state index contributed by atoms with van der Waals surface area (Å²) in [5.74, 6) is -2.59. The van der Waals surface area contributed by atoms with E-state index in [2.05, 4.69) is 10.6 Å². The van der Waals surface area contributed by atoms with Gasteiger partial charge >= 0.3 is 24.1 Å². The quantitative estimate of drug-likeness (QED) is 0.253. The van der Waals surface area contributed by atoms with Gasteiger partial charge in [-0.25, -0.2) is 19.2 Å². The van der Waals surface area contributed by atoms with Gasteiger partial charge in [-0.1, -0.05) is 48.5 Å². The highest BCUT2D eigenvalue weighted by molar-refractivity contribution is 5.84. The number of amides is 2. The number of hydrogen-bond acceptors (Lipinski definition) is 8. The Labute approximate surface area is 252 Å². The summed E-state index contributed by atoms with van der Waals surface area (Å²) in [6.45, 7) is 13.2.